The maximum atomic E-state index is 12.6. The van der Waals surface area contributed by atoms with E-state index >= 15 is 0 Å². The highest BCUT2D eigenvalue weighted by Gasteiger charge is 2.18. The number of amides is 2. The van der Waals surface area contributed by atoms with Crippen molar-refractivity contribution >= 4 is 73.7 Å². The van der Waals surface area contributed by atoms with Crippen LogP contribution in [-0.4, -0.2) is 20.2 Å². The summed E-state index contributed by atoms with van der Waals surface area (Å²) in [6.07, 6.45) is 0.0415. The highest BCUT2D eigenvalue weighted by atomic mass is 35.5. The zero-order valence-electron chi connectivity index (χ0n) is 17.2. The van der Waals surface area contributed by atoms with Crippen LogP contribution in [0.2, 0.25) is 15.1 Å². The number of halogens is 3. The average Bonchev–Trinajstić information content (AvgIpc) is 2.70. The van der Waals surface area contributed by atoms with Gasteiger partial charge in [0.15, 0.2) is 0 Å². The Morgan fingerprint density at radius 3 is 2.09 bits per heavy atom. The molecule has 33 heavy (non-hydrogen) atoms. The third-order valence-electron chi connectivity index (χ3n) is 4.32. The molecule has 0 bridgehead atoms. The SMILES string of the molecule is CC(=O)Nc1ccc(NC(=O)Cc2ccc(NS(=O)(=O)c3ccc(Cl)cc3Cl)cc2)c(Cl)c1. The molecule has 0 spiro atoms. The van der Waals surface area contributed by atoms with Gasteiger partial charge in [-0.05, 0) is 54.1 Å². The molecular formula is C22H18Cl3N3O4S. The minimum Gasteiger partial charge on any atom is -0.326 e. The minimum atomic E-state index is -3.91. The van der Waals surface area contributed by atoms with Crippen LogP contribution in [0.1, 0.15) is 12.5 Å². The number of hydrogen-bond acceptors (Lipinski definition) is 4. The van der Waals surface area contributed by atoms with E-state index in [0.717, 1.165) is 0 Å². The van der Waals surface area contributed by atoms with Crippen LogP contribution in [0.5, 0.6) is 0 Å². The Morgan fingerprint density at radius 2 is 1.48 bits per heavy atom. The molecule has 0 saturated carbocycles. The van der Waals surface area contributed by atoms with Crippen molar-refractivity contribution in [2.45, 2.75) is 18.2 Å². The quantitative estimate of drug-likeness (QED) is 0.373. The van der Waals surface area contributed by atoms with Crippen LogP contribution in [0, 0.1) is 0 Å². The fourth-order valence-electron chi connectivity index (χ4n) is 2.87. The van der Waals surface area contributed by atoms with E-state index in [1.165, 1.54) is 31.2 Å². The molecule has 3 N–H and O–H groups in total. The molecule has 2 amide bonds. The fourth-order valence-corrected chi connectivity index (χ4v) is 4.93. The predicted molar refractivity (Wildman–Crippen MR) is 132 cm³/mol. The van der Waals surface area contributed by atoms with Crippen molar-refractivity contribution < 1.29 is 18.0 Å². The summed E-state index contributed by atoms with van der Waals surface area (Å²) in [5.41, 5.74) is 1.89. The summed E-state index contributed by atoms with van der Waals surface area (Å²) >= 11 is 18.0. The Balaban J connectivity index is 1.63. The number of benzene rings is 3. The van der Waals surface area contributed by atoms with Crippen LogP contribution >= 0.6 is 34.8 Å². The van der Waals surface area contributed by atoms with Crippen molar-refractivity contribution in [1.29, 1.82) is 0 Å². The summed E-state index contributed by atoms with van der Waals surface area (Å²) in [5, 5.41) is 5.92. The van der Waals surface area contributed by atoms with Gasteiger partial charge in [-0.1, -0.05) is 46.9 Å². The van der Waals surface area contributed by atoms with E-state index in [1.54, 1.807) is 36.4 Å². The minimum absolute atomic E-state index is 0.00654. The topological polar surface area (TPSA) is 104 Å². The highest BCUT2D eigenvalue weighted by Crippen LogP contribution is 2.27. The van der Waals surface area contributed by atoms with Gasteiger partial charge in [-0.15, -0.1) is 0 Å². The molecule has 0 aliphatic rings. The second kappa shape index (κ2) is 10.4. The molecule has 3 aromatic carbocycles. The van der Waals surface area contributed by atoms with E-state index in [2.05, 4.69) is 15.4 Å². The van der Waals surface area contributed by atoms with E-state index in [1.807, 2.05) is 0 Å². The first-order valence-corrected chi connectivity index (χ1v) is 12.1. The van der Waals surface area contributed by atoms with Crippen LogP contribution in [-0.2, 0) is 26.0 Å². The molecular weight excluding hydrogens is 509 g/mol. The lowest BCUT2D eigenvalue weighted by Crippen LogP contribution is -2.15. The van der Waals surface area contributed by atoms with Gasteiger partial charge in [0, 0.05) is 23.3 Å². The van der Waals surface area contributed by atoms with Crippen molar-refractivity contribution in [3.05, 3.63) is 81.3 Å². The average molecular weight is 527 g/mol. The Bertz CT molecular complexity index is 1310. The van der Waals surface area contributed by atoms with Crippen molar-refractivity contribution in [2.75, 3.05) is 15.4 Å². The predicted octanol–water partition coefficient (Wildman–Crippen LogP) is 5.59. The lowest BCUT2D eigenvalue weighted by molar-refractivity contribution is -0.116. The van der Waals surface area contributed by atoms with E-state index in [9.17, 15) is 18.0 Å². The second-order valence-electron chi connectivity index (χ2n) is 6.98. The summed E-state index contributed by atoms with van der Waals surface area (Å²) in [5.74, 6) is -0.546. The van der Waals surface area contributed by atoms with Gasteiger partial charge in [0.1, 0.15) is 4.90 Å². The van der Waals surface area contributed by atoms with E-state index in [-0.39, 0.29) is 33.2 Å². The number of carbonyl (C=O) groups is 2. The lowest BCUT2D eigenvalue weighted by Gasteiger charge is -2.11. The van der Waals surface area contributed by atoms with Crippen LogP contribution in [0.4, 0.5) is 17.1 Å². The zero-order valence-corrected chi connectivity index (χ0v) is 20.2. The standard InChI is InChI=1S/C22H18Cl3N3O4S/c1-13(29)26-17-7-8-20(18(24)12-17)27-22(30)10-14-2-5-16(6-3-14)28-33(31,32)21-9-4-15(23)11-19(21)25/h2-9,11-12,28H,10H2,1H3,(H,26,29)(H,27,30). The number of hydrogen-bond donors (Lipinski definition) is 3. The fraction of sp³-hybridized carbons (Fsp3) is 0.0909. The van der Waals surface area contributed by atoms with E-state index < -0.39 is 10.0 Å². The van der Waals surface area contributed by atoms with Crippen molar-refractivity contribution in [3.8, 4) is 0 Å². The maximum absolute atomic E-state index is 12.6. The molecule has 172 valence electrons. The van der Waals surface area contributed by atoms with Gasteiger partial charge >= 0.3 is 0 Å². The van der Waals surface area contributed by atoms with Crippen molar-refractivity contribution in [1.82, 2.24) is 0 Å². The first kappa shape index (κ1) is 24.9. The molecule has 0 aromatic heterocycles. The van der Waals surface area contributed by atoms with Crippen molar-refractivity contribution in [2.24, 2.45) is 0 Å². The van der Waals surface area contributed by atoms with Crippen LogP contribution < -0.4 is 15.4 Å². The Morgan fingerprint density at radius 1 is 0.818 bits per heavy atom. The molecule has 7 nitrogen and oxygen atoms in total. The van der Waals surface area contributed by atoms with Crippen LogP contribution in [0.15, 0.2) is 65.6 Å². The molecule has 0 aliphatic carbocycles. The van der Waals surface area contributed by atoms with Gasteiger partial charge in [-0.25, -0.2) is 8.42 Å². The van der Waals surface area contributed by atoms with Crippen LogP contribution in [0.25, 0.3) is 0 Å². The summed E-state index contributed by atoms with van der Waals surface area (Å²) in [4.78, 5) is 23.4. The van der Waals surface area contributed by atoms with E-state index in [4.69, 9.17) is 34.8 Å². The number of anilines is 3. The van der Waals surface area contributed by atoms with Gasteiger partial charge in [0.25, 0.3) is 10.0 Å². The first-order valence-electron chi connectivity index (χ1n) is 9.47. The lowest BCUT2D eigenvalue weighted by atomic mass is 10.1. The highest BCUT2D eigenvalue weighted by molar-refractivity contribution is 7.92. The largest absolute Gasteiger partial charge is 0.326 e. The molecule has 0 fully saturated rings. The third-order valence-corrected chi connectivity index (χ3v) is 6.73. The summed E-state index contributed by atoms with van der Waals surface area (Å²) in [6, 6.07) is 15.2. The smallest absolute Gasteiger partial charge is 0.263 e. The number of rotatable bonds is 7. The van der Waals surface area contributed by atoms with Gasteiger partial charge in [0.05, 0.1) is 22.2 Å². The van der Waals surface area contributed by atoms with Gasteiger partial charge in [-0.3, -0.25) is 14.3 Å². The molecule has 0 unspecified atom stereocenters. The Kier molecular flexibility index (Phi) is 7.86. The van der Waals surface area contributed by atoms with Crippen molar-refractivity contribution in [3.63, 3.8) is 0 Å². The monoisotopic (exact) mass is 525 g/mol. The Hall–Kier alpha value is -2.78. The molecule has 3 aromatic rings. The van der Waals surface area contributed by atoms with Gasteiger partial charge in [-0.2, -0.15) is 0 Å². The summed E-state index contributed by atoms with van der Waals surface area (Å²) in [6.45, 7) is 1.38. The normalized spacial score (nSPS) is 11.0. The van der Waals surface area contributed by atoms with Gasteiger partial charge in [0.2, 0.25) is 11.8 Å². The van der Waals surface area contributed by atoms with Crippen LogP contribution in [0.3, 0.4) is 0 Å². The first-order chi connectivity index (χ1) is 15.5. The molecule has 0 aliphatic heterocycles. The number of nitrogens with one attached hydrogen (secondary N) is 3. The maximum Gasteiger partial charge on any atom is 0.263 e. The second-order valence-corrected chi connectivity index (χ2v) is 9.88. The number of sulfonamides is 1. The van der Waals surface area contributed by atoms with E-state index in [0.29, 0.717) is 27.6 Å². The molecule has 0 heterocycles. The molecule has 0 atom stereocenters. The Labute approximate surface area is 206 Å². The molecule has 0 saturated heterocycles. The molecule has 0 radical (unpaired) electrons. The third kappa shape index (κ3) is 6.85. The van der Waals surface area contributed by atoms with Gasteiger partial charge < -0.3 is 10.6 Å². The molecule has 11 heteroatoms. The molecule has 3 rings (SSSR count). The summed E-state index contributed by atoms with van der Waals surface area (Å²) < 4.78 is 27.6. The zero-order chi connectivity index (χ0) is 24.2. The summed E-state index contributed by atoms with van der Waals surface area (Å²) in [7, 11) is -3.91. The number of carbonyl (C=O) groups excluding carboxylic acids is 2.